The van der Waals surface area contributed by atoms with Gasteiger partial charge in [-0.3, -0.25) is 9.59 Å². The smallest absolute Gasteiger partial charge is 0.254 e. The Hall–Kier alpha value is -1.88. The lowest BCUT2D eigenvalue weighted by Gasteiger charge is -2.27. The molecule has 2 amide bonds. The summed E-state index contributed by atoms with van der Waals surface area (Å²) in [6, 6.07) is 7.10. The molecule has 21 heavy (non-hydrogen) atoms. The van der Waals surface area contributed by atoms with Crippen LogP contribution in [0.25, 0.3) is 0 Å². The molecule has 1 saturated heterocycles. The molecule has 0 radical (unpaired) electrons. The average Bonchev–Trinajstić information content (AvgIpc) is 2.46. The van der Waals surface area contributed by atoms with E-state index in [1.165, 1.54) is 0 Å². The maximum Gasteiger partial charge on any atom is 0.254 e. The topological polar surface area (TPSA) is 58.6 Å². The summed E-state index contributed by atoms with van der Waals surface area (Å²) >= 11 is 0. The van der Waals surface area contributed by atoms with E-state index >= 15 is 0 Å². The zero-order chi connectivity index (χ0) is 15.2. The Bertz CT molecular complexity index is 508. The number of morpholine rings is 1. The van der Waals surface area contributed by atoms with Crippen LogP contribution in [0.15, 0.2) is 24.3 Å². The highest BCUT2D eigenvalue weighted by Gasteiger charge is 2.18. The molecule has 0 spiro atoms. The number of anilines is 1. The van der Waals surface area contributed by atoms with Gasteiger partial charge in [0, 0.05) is 30.8 Å². The van der Waals surface area contributed by atoms with E-state index in [1.807, 2.05) is 13.8 Å². The molecule has 1 aromatic rings. The van der Waals surface area contributed by atoms with E-state index in [9.17, 15) is 9.59 Å². The number of benzene rings is 1. The maximum absolute atomic E-state index is 12.4. The lowest BCUT2D eigenvalue weighted by molar-refractivity contribution is -0.116. The number of rotatable bonds is 4. The summed E-state index contributed by atoms with van der Waals surface area (Å²) in [5, 5.41) is 2.84. The van der Waals surface area contributed by atoms with Gasteiger partial charge in [0.15, 0.2) is 0 Å². The molecule has 1 aliphatic heterocycles. The number of carbonyl (C=O) groups excluding carboxylic acids is 2. The Kier molecular flexibility index (Phi) is 5.33. The second kappa shape index (κ2) is 7.22. The van der Waals surface area contributed by atoms with E-state index in [2.05, 4.69) is 5.32 Å². The molecule has 0 atom stereocenters. The van der Waals surface area contributed by atoms with Gasteiger partial charge in [-0.1, -0.05) is 19.9 Å². The molecule has 1 fully saturated rings. The monoisotopic (exact) mass is 290 g/mol. The summed E-state index contributed by atoms with van der Waals surface area (Å²) < 4.78 is 5.25. The second-order valence-corrected chi connectivity index (χ2v) is 5.63. The standard InChI is InChI=1S/C16H22N2O3/c1-12(2)10-15(19)17-14-5-3-4-13(11-14)16(20)18-6-8-21-9-7-18/h3-5,11-12H,6-10H2,1-2H3,(H,17,19). The molecule has 114 valence electrons. The molecule has 0 aromatic heterocycles. The molecule has 5 heteroatoms. The lowest BCUT2D eigenvalue weighted by Crippen LogP contribution is -2.40. The first-order valence-electron chi connectivity index (χ1n) is 7.33. The number of hydrogen-bond donors (Lipinski definition) is 1. The molecule has 0 aliphatic carbocycles. The Morgan fingerprint density at radius 3 is 2.67 bits per heavy atom. The predicted molar refractivity (Wildman–Crippen MR) is 81.2 cm³/mol. The number of ether oxygens (including phenoxy) is 1. The molecular weight excluding hydrogens is 268 g/mol. The SMILES string of the molecule is CC(C)CC(=O)Nc1cccc(C(=O)N2CCOCC2)c1. The number of nitrogens with zero attached hydrogens (tertiary/aromatic N) is 1. The second-order valence-electron chi connectivity index (χ2n) is 5.63. The highest BCUT2D eigenvalue weighted by molar-refractivity contribution is 5.97. The average molecular weight is 290 g/mol. The van der Waals surface area contributed by atoms with Crippen LogP contribution >= 0.6 is 0 Å². The minimum atomic E-state index is -0.0269. The van der Waals surface area contributed by atoms with Crippen LogP contribution in [0.3, 0.4) is 0 Å². The first-order chi connectivity index (χ1) is 10.1. The first-order valence-corrected chi connectivity index (χ1v) is 7.33. The zero-order valence-corrected chi connectivity index (χ0v) is 12.6. The highest BCUT2D eigenvalue weighted by atomic mass is 16.5. The molecule has 1 heterocycles. The molecule has 1 N–H and O–H groups in total. The Balaban J connectivity index is 2.03. The van der Waals surface area contributed by atoms with Crippen LogP contribution in [0.2, 0.25) is 0 Å². The number of hydrogen-bond acceptors (Lipinski definition) is 3. The van der Waals surface area contributed by atoms with E-state index in [-0.39, 0.29) is 11.8 Å². The van der Waals surface area contributed by atoms with E-state index in [0.29, 0.717) is 49.9 Å². The van der Waals surface area contributed by atoms with Crippen LogP contribution in [0, 0.1) is 5.92 Å². The normalized spacial score (nSPS) is 15.1. The van der Waals surface area contributed by atoms with E-state index < -0.39 is 0 Å². The summed E-state index contributed by atoms with van der Waals surface area (Å²) in [4.78, 5) is 25.9. The van der Waals surface area contributed by atoms with Crippen LogP contribution in [-0.2, 0) is 9.53 Å². The number of nitrogens with one attached hydrogen (secondary N) is 1. The molecule has 0 saturated carbocycles. The third-order valence-corrected chi connectivity index (χ3v) is 3.29. The highest BCUT2D eigenvalue weighted by Crippen LogP contribution is 2.14. The van der Waals surface area contributed by atoms with Gasteiger partial charge in [0.05, 0.1) is 13.2 Å². The van der Waals surface area contributed by atoms with E-state index in [4.69, 9.17) is 4.74 Å². The Morgan fingerprint density at radius 2 is 2.00 bits per heavy atom. The fourth-order valence-corrected chi connectivity index (χ4v) is 2.26. The van der Waals surface area contributed by atoms with Crippen LogP contribution < -0.4 is 5.32 Å². The van der Waals surface area contributed by atoms with Crippen molar-refractivity contribution in [1.82, 2.24) is 4.90 Å². The minimum Gasteiger partial charge on any atom is -0.378 e. The van der Waals surface area contributed by atoms with Gasteiger partial charge in [-0.2, -0.15) is 0 Å². The summed E-state index contributed by atoms with van der Waals surface area (Å²) in [5.74, 6) is 0.266. The van der Waals surface area contributed by atoms with Crippen molar-refractivity contribution in [2.45, 2.75) is 20.3 Å². The third-order valence-electron chi connectivity index (χ3n) is 3.29. The quantitative estimate of drug-likeness (QED) is 0.924. The van der Waals surface area contributed by atoms with Crippen molar-refractivity contribution in [2.75, 3.05) is 31.6 Å². The van der Waals surface area contributed by atoms with Crippen molar-refractivity contribution in [3.05, 3.63) is 29.8 Å². The molecule has 1 aromatic carbocycles. The van der Waals surface area contributed by atoms with Crippen LogP contribution in [0.5, 0.6) is 0 Å². The van der Waals surface area contributed by atoms with Crippen molar-refractivity contribution in [3.63, 3.8) is 0 Å². The molecule has 1 aliphatic rings. The molecule has 2 rings (SSSR count). The molecular formula is C16H22N2O3. The summed E-state index contributed by atoms with van der Waals surface area (Å²) in [6.07, 6.45) is 0.474. The minimum absolute atomic E-state index is 0.0155. The summed E-state index contributed by atoms with van der Waals surface area (Å²) in [7, 11) is 0. The van der Waals surface area contributed by atoms with Crippen LogP contribution in [0.1, 0.15) is 30.6 Å². The Morgan fingerprint density at radius 1 is 1.29 bits per heavy atom. The third kappa shape index (κ3) is 4.56. The van der Waals surface area contributed by atoms with E-state index in [1.54, 1.807) is 29.2 Å². The summed E-state index contributed by atoms with van der Waals surface area (Å²) in [6.45, 7) is 6.38. The van der Waals surface area contributed by atoms with Gasteiger partial charge in [-0.05, 0) is 24.1 Å². The van der Waals surface area contributed by atoms with Gasteiger partial charge in [0.25, 0.3) is 5.91 Å². The van der Waals surface area contributed by atoms with Crippen LogP contribution in [0.4, 0.5) is 5.69 Å². The molecule has 5 nitrogen and oxygen atoms in total. The Labute approximate surface area is 125 Å². The fraction of sp³-hybridized carbons (Fsp3) is 0.500. The zero-order valence-electron chi connectivity index (χ0n) is 12.6. The predicted octanol–water partition coefficient (Wildman–Crippen LogP) is 2.14. The van der Waals surface area contributed by atoms with Crippen molar-refractivity contribution in [1.29, 1.82) is 0 Å². The summed E-state index contributed by atoms with van der Waals surface area (Å²) in [5.41, 5.74) is 1.26. The van der Waals surface area contributed by atoms with E-state index in [0.717, 1.165) is 0 Å². The van der Waals surface area contributed by atoms with Crippen LogP contribution in [-0.4, -0.2) is 43.0 Å². The van der Waals surface area contributed by atoms with Crippen molar-refractivity contribution in [3.8, 4) is 0 Å². The van der Waals surface area contributed by atoms with Gasteiger partial charge in [0.1, 0.15) is 0 Å². The van der Waals surface area contributed by atoms with Gasteiger partial charge >= 0.3 is 0 Å². The number of carbonyl (C=O) groups is 2. The lowest BCUT2D eigenvalue weighted by atomic mass is 10.1. The largest absolute Gasteiger partial charge is 0.378 e. The van der Waals surface area contributed by atoms with Gasteiger partial charge < -0.3 is 15.0 Å². The fourth-order valence-electron chi connectivity index (χ4n) is 2.26. The van der Waals surface area contributed by atoms with Crippen molar-refractivity contribution < 1.29 is 14.3 Å². The van der Waals surface area contributed by atoms with Gasteiger partial charge in [0.2, 0.25) is 5.91 Å². The van der Waals surface area contributed by atoms with Gasteiger partial charge in [-0.15, -0.1) is 0 Å². The first kappa shape index (κ1) is 15.5. The molecule has 0 unspecified atom stereocenters. The van der Waals surface area contributed by atoms with Crippen molar-refractivity contribution >= 4 is 17.5 Å². The maximum atomic E-state index is 12.4. The molecule has 0 bridgehead atoms. The van der Waals surface area contributed by atoms with Crippen molar-refractivity contribution in [2.24, 2.45) is 5.92 Å². The number of amides is 2. The van der Waals surface area contributed by atoms with Gasteiger partial charge in [-0.25, -0.2) is 0 Å².